The molecule has 0 unspecified atom stereocenters. The first-order chi connectivity index (χ1) is 12.1. The van der Waals surface area contributed by atoms with Gasteiger partial charge in [-0.05, 0) is 35.8 Å². The Morgan fingerprint density at radius 1 is 1.28 bits per heavy atom. The van der Waals surface area contributed by atoms with Gasteiger partial charge in [0.1, 0.15) is 11.3 Å². The number of fused-ring (bicyclic) bond motifs is 3. The van der Waals surface area contributed by atoms with E-state index in [2.05, 4.69) is 28.3 Å². The van der Waals surface area contributed by atoms with Crippen LogP contribution in [-0.2, 0) is 10.5 Å². The maximum atomic E-state index is 12.8. The molecule has 0 spiro atoms. The number of benzene rings is 1. The molecule has 136 valence electrons. The molecule has 3 aliphatic heterocycles. The molecule has 0 radical (unpaired) electrons. The van der Waals surface area contributed by atoms with Crippen LogP contribution in [0.1, 0.15) is 18.4 Å². The number of thiocarbonyl (C=S) groups is 1. The number of amides is 1. The summed E-state index contributed by atoms with van der Waals surface area (Å²) in [6.45, 7) is 2.32. The molecule has 1 aromatic rings. The van der Waals surface area contributed by atoms with Gasteiger partial charge in [-0.1, -0.05) is 35.5 Å². The van der Waals surface area contributed by atoms with Crippen LogP contribution in [0.4, 0.5) is 0 Å². The zero-order valence-corrected chi connectivity index (χ0v) is 16.6. The van der Waals surface area contributed by atoms with Crippen molar-refractivity contribution in [2.45, 2.75) is 24.0 Å². The molecule has 0 aromatic heterocycles. The summed E-state index contributed by atoms with van der Waals surface area (Å²) in [6.07, 6.45) is 2.25. The van der Waals surface area contributed by atoms with E-state index < -0.39 is 0 Å². The van der Waals surface area contributed by atoms with Crippen LogP contribution < -0.4 is 21.1 Å². The Balaban J connectivity index is 1.65. The summed E-state index contributed by atoms with van der Waals surface area (Å²) < 4.78 is 0. The molecule has 3 fully saturated rings. The summed E-state index contributed by atoms with van der Waals surface area (Å²) in [6, 6.07) is 7.96. The Kier molecular flexibility index (Phi) is 6.44. The lowest BCUT2D eigenvalue weighted by Gasteiger charge is -2.46. The van der Waals surface area contributed by atoms with Crippen molar-refractivity contribution in [3.63, 3.8) is 0 Å². The Labute approximate surface area is 163 Å². The molecule has 4 rings (SSSR count). The van der Waals surface area contributed by atoms with E-state index in [1.807, 2.05) is 23.9 Å². The van der Waals surface area contributed by atoms with Crippen LogP contribution in [0.5, 0.6) is 0 Å². The van der Waals surface area contributed by atoms with Gasteiger partial charge in [-0.15, -0.1) is 0 Å². The minimum Gasteiger partial charge on any atom is -0.364 e. The summed E-state index contributed by atoms with van der Waals surface area (Å²) >= 11 is 12.9. The fourth-order valence-electron chi connectivity index (χ4n) is 3.76. The lowest BCUT2D eigenvalue weighted by Crippen LogP contribution is -3.19. The van der Waals surface area contributed by atoms with Crippen LogP contribution >= 0.6 is 35.6 Å². The van der Waals surface area contributed by atoms with Gasteiger partial charge in [0, 0.05) is 30.7 Å². The van der Waals surface area contributed by atoms with E-state index in [0.29, 0.717) is 11.0 Å². The highest BCUT2D eigenvalue weighted by Crippen LogP contribution is 2.34. The lowest BCUT2D eigenvalue weighted by atomic mass is 9.78. The second-order valence-corrected chi connectivity index (χ2v) is 8.55. The van der Waals surface area contributed by atoms with Crippen molar-refractivity contribution in [3.8, 4) is 0 Å². The van der Waals surface area contributed by atoms with Gasteiger partial charge >= 0.3 is 0 Å². The normalized spacial score (nSPS) is 27.6. The van der Waals surface area contributed by atoms with Crippen LogP contribution in [0.25, 0.3) is 0 Å². The molecule has 0 saturated carbocycles. The van der Waals surface area contributed by atoms with Crippen LogP contribution in [-0.4, -0.2) is 36.5 Å². The SMILES string of the molecule is CNC(=S)NNC(=O)[C@H]1C2CC[NH+](CC2)[C@H]1SCc1ccc(Cl)cc1. The van der Waals surface area contributed by atoms with Crippen molar-refractivity contribution < 1.29 is 9.69 Å². The summed E-state index contributed by atoms with van der Waals surface area (Å²) in [5.74, 6) is 1.42. The smallest absolute Gasteiger partial charge is 0.248 e. The quantitative estimate of drug-likeness (QED) is 0.448. The molecule has 1 aromatic carbocycles. The Bertz CT molecular complexity index is 620. The molecule has 2 atom stereocenters. The molecule has 3 aliphatic rings. The maximum Gasteiger partial charge on any atom is 0.248 e. The Morgan fingerprint density at radius 3 is 2.60 bits per heavy atom. The number of thioether (sulfide) groups is 1. The second-order valence-electron chi connectivity index (χ2n) is 6.57. The fraction of sp³-hybridized carbons (Fsp3) is 0.529. The predicted octanol–water partition coefficient (Wildman–Crippen LogP) is 0.949. The van der Waals surface area contributed by atoms with Gasteiger partial charge in [-0.2, -0.15) is 0 Å². The number of nitrogens with one attached hydrogen (secondary N) is 4. The summed E-state index contributed by atoms with van der Waals surface area (Å²) in [5, 5.41) is 4.27. The number of carbonyl (C=O) groups is 1. The van der Waals surface area contributed by atoms with Gasteiger partial charge in [-0.3, -0.25) is 15.6 Å². The van der Waals surface area contributed by atoms with Crippen molar-refractivity contribution in [3.05, 3.63) is 34.9 Å². The van der Waals surface area contributed by atoms with Crippen molar-refractivity contribution in [1.82, 2.24) is 16.2 Å². The third kappa shape index (κ3) is 4.58. The van der Waals surface area contributed by atoms with E-state index in [1.54, 1.807) is 7.05 Å². The number of hydrogen-bond acceptors (Lipinski definition) is 3. The molecule has 1 amide bonds. The van der Waals surface area contributed by atoms with E-state index in [1.165, 1.54) is 10.5 Å². The van der Waals surface area contributed by atoms with E-state index in [9.17, 15) is 4.79 Å². The van der Waals surface area contributed by atoms with E-state index in [0.717, 1.165) is 36.7 Å². The zero-order valence-electron chi connectivity index (χ0n) is 14.2. The van der Waals surface area contributed by atoms with Crippen LogP contribution in [0.2, 0.25) is 5.02 Å². The molecular formula is C17H24ClN4OS2+. The molecule has 3 heterocycles. The minimum absolute atomic E-state index is 0.0157. The molecule has 3 saturated heterocycles. The first-order valence-corrected chi connectivity index (χ1v) is 10.4. The third-order valence-electron chi connectivity index (χ3n) is 5.08. The Hall–Kier alpha value is -1.02. The zero-order chi connectivity index (χ0) is 17.8. The van der Waals surface area contributed by atoms with Gasteiger partial charge in [-0.25, -0.2) is 0 Å². The molecular weight excluding hydrogens is 376 g/mol. The van der Waals surface area contributed by atoms with Crippen molar-refractivity contribution in [1.29, 1.82) is 0 Å². The molecule has 5 nitrogen and oxygen atoms in total. The molecule has 4 N–H and O–H groups in total. The summed E-state index contributed by atoms with van der Waals surface area (Å²) in [4.78, 5) is 14.3. The van der Waals surface area contributed by atoms with Crippen LogP contribution in [0.3, 0.4) is 0 Å². The van der Waals surface area contributed by atoms with E-state index >= 15 is 0 Å². The first-order valence-electron chi connectivity index (χ1n) is 8.56. The number of hydrazine groups is 1. The van der Waals surface area contributed by atoms with Crippen molar-refractivity contribution in [2.75, 3.05) is 20.1 Å². The van der Waals surface area contributed by atoms with Crippen molar-refractivity contribution >= 4 is 46.6 Å². The van der Waals surface area contributed by atoms with Crippen molar-refractivity contribution in [2.24, 2.45) is 11.8 Å². The van der Waals surface area contributed by atoms with Gasteiger partial charge in [0.25, 0.3) is 0 Å². The molecule has 0 aliphatic carbocycles. The topological polar surface area (TPSA) is 57.6 Å². The molecule has 2 bridgehead atoms. The van der Waals surface area contributed by atoms with Crippen LogP contribution in [0.15, 0.2) is 24.3 Å². The number of piperidine rings is 3. The average molecular weight is 400 g/mol. The highest BCUT2D eigenvalue weighted by molar-refractivity contribution is 7.98. The van der Waals surface area contributed by atoms with Crippen LogP contribution in [0, 0.1) is 11.8 Å². The lowest BCUT2D eigenvalue weighted by molar-refractivity contribution is -0.930. The van der Waals surface area contributed by atoms with Gasteiger partial charge < -0.3 is 10.2 Å². The average Bonchev–Trinajstić information content (AvgIpc) is 2.65. The van der Waals surface area contributed by atoms with Gasteiger partial charge in [0.15, 0.2) is 5.11 Å². The van der Waals surface area contributed by atoms with Gasteiger partial charge in [0.05, 0.1) is 13.1 Å². The number of hydrogen-bond donors (Lipinski definition) is 4. The number of quaternary nitrogens is 1. The largest absolute Gasteiger partial charge is 0.364 e. The second kappa shape index (κ2) is 8.58. The highest BCUT2D eigenvalue weighted by Gasteiger charge is 2.49. The molecule has 8 heteroatoms. The number of rotatable bonds is 4. The predicted molar refractivity (Wildman–Crippen MR) is 106 cm³/mol. The van der Waals surface area contributed by atoms with E-state index in [-0.39, 0.29) is 17.2 Å². The van der Waals surface area contributed by atoms with Gasteiger partial charge in [0.2, 0.25) is 5.91 Å². The Morgan fingerprint density at radius 2 is 1.96 bits per heavy atom. The summed E-state index contributed by atoms with van der Waals surface area (Å²) in [5.41, 5.74) is 6.80. The van der Waals surface area contributed by atoms with E-state index in [4.69, 9.17) is 23.8 Å². The standard InChI is InChI=1S/C17H23ClN4OS2/c1-19-17(24)21-20-15(23)14-12-6-8-22(9-7-12)16(14)25-10-11-2-4-13(18)5-3-11/h2-5,12,14,16H,6-10H2,1H3,(H,20,23)(H2,19,21,24)/p+1/t14-,16+/m1/s1. The number of halogens is 1. The monoisotopic (exact) mass is 399 g/mol. The minimum atomic E-state index is 0.0157. The summed E-state index contributed by atoms with van der Waals surface area (Å²) in [7, 11) is 1.73. The maximum absolute atomic E-state index is 12.8. The first kappa shape index (κ1) is 18.8. The highest BCUT2D eigenvalue weighted by atomic mass is 35.5. The molecule has 25 heavy (non-hydrogen) atoms. The fourth-order valence-corrected chi connectivity index (χ4v) is 5.53. The third-order valence-corrected chi connectivity index (χ3v) is 7.12. The number of carbonyl (C=O) groups excluding carboxylic acids is 1.